The van der Waals surface area contributed by atoms with Crippen molar-refractivity contribution in [2.75, 3.05) is 12.4 Å². The summed E-state index contributed by atoms with van der Waals surface area (Å²) >= 11 is 0. The minimum atomic E-state index is -0.470. The molecule has 0 aliphatic rings. The summed E-state index contributed by atoms with van der Waals surface area (Å²) in [5.74, 6) is -1.28. The molecule has 1 amide bonds. The smallest absolute Gasteiger partial charge is 0.337 e. The number of esters is 1. The molecule has 142 valence electrons. The first-order valence-corrected chi connectivity index (χ1v) is 8.41. The van der Waals surface area contributed by atoms with Crippen LogP contribution in [0.15, 0.2) is 71.7 Å². The Kier molecular flexibility index (Phi) is 5.64. The third-order valence-corrected chi connectivity index (χ3v) is 4.05. The molecule has 0 atom stereocenters. The standard InChI is InChI=1S/C21H17FN2O4/c1-28-21(27)15-5-8-18(9-6-15)23-20(26)16-7-10-19(25)24(13-16)12-14-3-2-4-17(22)11-14/h2-11,13H,12H2,1H3,(H,23,26). The molecule has 0 aliphatic carbocycles. The zero-order valence-corrected chi connectivity index (χ0v) is 15.0. The van der Waals surface area contributed by atoms with Gasteiger partial charge in [-0.2, -0.15) is 0 Å². The van der Waals surface area contributed by atoms with Gasteiger partial charge in [-0.1, -0.05) is 12.1 Å². The maximum absolute atomic E-state index is 13.3. The minimum absolute atomic E-state index is 0.144. The van der Waals surface area contributed by atoms with Gasteiger partial charge in [0.15, 0.2) is 0 Å². The van der Waals surface area contributed by atoms with Gasteiger partial charge in [0.2, 0.25) is 0 Å². The molecule has 1 heterocycles. The predicted molar refractivity (Wildman–Crippen MR) is 102 cm³/mol. The van der Waals surface area contributed by atoms with Crippen molar-refractivity contribution in [3.05, 3.63) is 99.7 Å². The lowest BCUT2D eigenvalue weighted by Crippen LogP contribution is -2.22. The van der Waals surface area contributed by atoms with Crippen LogP contribution >= 0.6 is 0 Å². The van der Waals surface area contributed by atoms with Gasteiger partial charge in [0.1, 0.15) is 5.82 Å². The highest BCUT2D eigenvalue weighted by molar-refractivity contribution is 6.04. The van der Waals surface area contributed by atoms with Gasteiger partial charge >= 0.3 is 5.97 Å². The number of amides is 1. The number of pyridine rings is 1. The highest BCUT2D eigenvalue weighted by atomic mass is 19.1. The molecule has 2 aromatic carbocycles. The van der Waals surface area contributed by atoms with Crippen molar-refractivity contribution in [1.29, 1.82) is 0 Å². The van der Waals surface area contributed by atoms with Crippen LogP contribution in [-0.2, 0) is 11.3 Å². The number of methoxy groups -OCH3 is 1. The lowest BCUT2D eigenvalue weighted by atomic mass is 10.2. The van der Waals surface area contributed by atoms with Crippen LogP contribution in [0.1, 0.15) is 26.3 Å². The van der Waals surface area contributed by atoms with Crippen LogP contribution < -0.4 is 10.9 Å². The predicted octanol–water partition coefficient (Wildman–Crippen LogP) is 3.07. The molecule has 0 bridgehead atoms. The number of carbonyl (C=O) groups excluding carboxylic acids is 2. The van der Waals surface area contributed by atoms with E-state index >= 15 is 0 Å². The molecule has 3 rings (SSSR count). The van der Waals surface area contributed by atoms with Crippen LogP contribution in [0.3, 0.4) is 0 Å². The van der Waals surface area contributed by atoms with Crippen LogP contribution in [0.4, 0.5) is 10.1 Å². The topological polar surface area (TPSA) is 77.4 Å². The monoisotopic (exact) mass is 380 g/mol. The Balaban J connectivity index is 1.77. The van der Waals surface area contributed by atoms with Gasteiger partial charge in [-0.05, 0) is 48.0 Å². The molecule has 0 saturated carbocycles. The number of hydrogen-bond acceptors (Lipinski definition) is 4. The second-order valence-corrected chi connectivity index (χ2v) is 6.04. The quantitative estimate of drug-likeness (QED) is 0.690. The SMILES string of the molecule is COC(=O)c1ccc(NC(=O)c2ccc(=O)n(Cc3cccc(F)c3)c2)cc1. The van der Waals surface area contributed by atoms with E-state index in [0.29, 0.717) is 16.8 Å². The third-order valence-electron chi connectivity index (χ3n) is 4.05. The number of carbonyl (C=O) groups is 2. The van der Waals surface area contributed by atoms with Crippen molar-refractivity contribution < 1.29 is 18.7 Å². The van der Waals surface area contributed by atoms with E-state index in [1.165, 1.54) is 54.3 Å². The number of hydrogen-bond donors (Lipinski definition) is 1. The summed E-state index contributed by atoms with van der Waals surface area (Å²) in [7, 11) is 1.29. The number of nitrogens with one attached hydrogen (secondary N) is 1. The number of ether oxygens (including phenoxy) is 1. The highest BCUT2D eigenvalue weighted by Gasteiger charge is 2.10. The largest absolute Gasteiger partial charge is 0.465 e. The molecule has 7 heteroatoms. The van der Waals surface area contributed by atoms with Crippen LogP contribution in [0.2, 0.25) is 0 Å². The molecule has 0 spiro atoms. The normalized spacial score (nSPS) is 10.4. The molecule has 0 unspecified atom stereocenters. The fraction of sp³-hybridized carbons (Fsp3) is 0.0952. The molecule has 0 radical (unpaired) electrons. The van der Waals surface area contributed by atoms with Crippen molar-refractivity contribution in [2.24, 2.45) is 0 Å². The molecule has 28 heavy (non-hydrogen) atoms. The van der Waals surface area contributed by atoms with Crippen molar-refractivity contribution in [1.82, 2.24) is 4.57 Å². The van der Waals surface area contributed by atoms with Crippen molar-refractivity contribution in [2.45, 2.75) is 6.54 Å². The van der Waals surface area contributed by atoms with E-state index in [1.54, 1.807) is 24.3 Å². The first-order chi connectivity index (χ1) is 13.5. The van der Waals surface area contributed by atoms with E-state index in [4.69, 9.17) is 0 Å². The van der Waals surface area contributed by atoms with Gasteiger partial charge in [0.05, 0.1) is 24.8 Å². The summed E-state index contributed by atoms with van der Waals surface area (Å²) in [6, 6.07) is 14.8. The maximum Gasteiger partial charge on any atom is 0.337 e. The van der Waals surface area contributed by atoms with Gasteiger partial charge in [0, 0.05) is 18.0 Å². The summed E-state index contributed by atoms with van der Waals surface area (Å²) < 4.78 is 19.3. The maximum atomic E-state index is 13.3. The van der Waals surface area contributed by atoms with Crippen LogP contribution in [-0.4, -0.2) is 23.6 Å². The summed E-state index contributed by atoms with van der Waals surface area (Å²) in [5.41, 5.74) is 1.43. The molecular formula is C21H17FN2O4. The van der Waals surface area contributed by atoms with Gasteiger partial charge < -0.3 is 14.6 Å². The summed E-state index contributed by atoms with van der Waals surface area (Å²) in [6.45, 7) is 0.144. The minimum Gasteiger partial charge on any atom is -0.465 e. The fourth-order valence-electron chi connectivity index (χ4n) is 2.63. The van der Waals surface area contributed by atoms with E-state index in [9.17, 15) is 18.8 Å². The van der Waals surface area contributed by atoms with E-state index in [0.717, 1.165) is 0 Å². The fourth-order valence-corrected chi connectivity index (χ4v) is 2.63. The number of benzene rings is 2. The van der Waals surface area contributed by atoms with Crippen LogP contribution in [0.5, 0.6) is 0 Å². The molecule has 6 nitrogen and oxygen atoms in total. The number of anilines is 1. The Morgan fingerprint density at radius 1 is 1.04 bits per heavy atom. The van der Waals surface area contributed by atoms with Crippen molar-refractivity contribution in [3.63, 3.8) is 0 Å². The second-order valence-electron chi connectivity index (χ2n) is 6.04. The summed E-state index contributed by atoms with van der Waals surface area (Å²) in [6.07, 6.45) is 1.42. The van der Waals surface area contributed by atoms with E-state index < -0.39 is 17.7 Å². The Morgan fingerprint density at radius 3 is 2.43 bits per heavy atom. The van der Waals surface area contributed by atoms with E-state index in [-0.39, 0.29) is 17.7 Å². The zero-order chi connectivity index (χ0) is 20.1. The van der Waals surface area contributed by atoms with Gasteiger partial charge in [-0.15, -0.1) is 0 Å². The Bertz CT molecular complexity index is 1070. The average Bonchev–Trinajstić information content (AvgIpc) is 2.69. The molecule has 1 aromatic heterocycles. The summed E-state index contributed by atoms with van der Waals surface area (Å²) in [4.78, 5) is 36.0. The Morgan fingerprint density at radius 2 is 1.75 bits per heavy atom. The molecule has 0 aliphatic heterocycles. The Hall–Kier alpha value is -3.74. The zero-order valence-electron chi connectivity index (χ0n) is 15.0. The number of halogens is 1. The lowest BCUT2D eigenvalue weighted by Gasteiger charge is -2.10. The first-order valence-electron chi connectivity index (χ1n) is 8.41. The molecule has 1 N–H and O–H groups in total. The molecule has 3 aromatic rings. The third kappa shape index (κ3) is 4.50. The van der Waals surface area contributed by atoms with E-state index in [1.807, 2.05) is 0 Å². The van der Waals surface area contributed by atoms with Crippen molar-refractivity contribution in [3.8, 4) is 0 Å². The van der Waals surface area contributed by atoms with Gasteiger partial charge in [-0.3, -0.25) is 9.59 Å². The average molecular weight is 380 g/mol. The number of aromatic nitrogens is 1. The first kappa shape index (κ1) is 19.0. The lowest BCUT2D eigenvalue weighted by molar-refractivity contribution is 0.0600. The van der Waals surface area contributed by atoms with Gasteiger partial charge in [0.25, 0.3) is 11.5 Å². The second kappa shape index (κ2) is 8.30. The number of rotatable bonds is 5. The highest BCUT2D eigenvalue weighted by Crippen LogP contribution is 2.12. The van der Waals surface area contributed by atoms with Crippen LogP contribution in [0.25, 0.3) is 0 Å². The molecule has 0 saturated heterocycles. The van der Waals surface area contributed by atoms with Gasteiger partial charge in [-0.25, -0.2) is 9.18 Å². The number of nitrogens with zero attached hydrogens (tertiary/aromatic N) is 1. The Labute approximate surface area is 160 Å². The van der Waals surface area contributed by atoms with E-state index in [2.05, 4.69) is 10.1 Å². The molecular weight excluding hydrogens is 363 g/mol. The molecule has 0 fully saturated rings. The van der Waals surface area contributed by atoms with Crippen molar-refractivity contribution >= 4 is 17.6 Å². The summed E-state index contributed by atoms with van der Waals surface area (Å²) in [5, 5.41) is 2.70. The van der Waals surface area contributed by atoms with Crippen LogP contribution in [0, 0.1) is 5.82 Å².